The van der Waals surface area contributed by atoms with Crippen molar-refractivity contribution < 1.29 is 4.74 Å². The lowest BCUT2D eigenvalue weighted by Gasteiger charge is -2.30. The van der Waals surface area contributed by atoms with Gasteiger partial charge in [-0.1, -0.05) is 42.5 Å². The summed E-state index contributed by atoms with van der Waals surface area (Å²) in [5, 5.41) is 0. The number of hydrogen-bond donors (Lipinski definition) is 1. The third-order valence-electron chi connectivity index (χ3n) is 4.47. The fourth-order valence-corrected chi connectivity index (χ4v) is 2.92. The van der Waals surface area contributed by atoms with Gasteiger partial charge in [-0.05, 0) is 42.7 Å². The zero-order valence-electron chi connectivity index (χ0n) is 15.2. The monoisotopic (exact) mass is 348 g/mol. The van der Waals surface area contributed by atoms with Gasteiger partial charge in [-0.3, -0.25) is 0 Å². The lowest BCUT2D eigenvalue weighted by Crippen LogP contribution is -2.31. The summed E-state index contributed by atoms with van der Waals surface area (Å²) in [6.07, 6.45) is 2.58. The van der Waals surface area contributed by atoms with E-state index in [1.807, 2.05) is 30.3 Å². The van der Waals surface area contributed by atoms with Crippen LogP contribution in [0.1, 0.15) is 24.1 Å². The standard InChI is InChI=1S/C21H24N4O/c1-16(18-6-4-3-5-7-18)25(21-23-14-12-20(22)24-21)15-13-17-8-10-19(26-2)11-9-17/h3-12,14,16H,13,15H2,1-2H3,(H2,22,23,24). The number of nitrogen functional groups attached to an aromatic ring is 1. The summed E-state index contributed by atoms with van der Waals surface area (Å²) in [5.74, 6) is 1.99. The first-order valence-electron chi connectivity index (χ1n) is 8.70. The van der Waals surface area contributed by atoms with Crippen molar-refractivity contribution in [1.29, 1.82) is 0 Å². The Kier molecular flexibility index (Phi) is 5.69. The highest BCUT2D eigenvalue weighted by atomic mass is 16.5. The molecule has 0 aliphatic carbocycles. The molecule has 0 amide bonds. The van der Waals surface area contributed by atoms with Gasteiger partial charge in [0.2, 0.25) is 5.95 Å². The fourth-order valence-electron chi connectivity index (χ4n) is 2.92. The molecule has 0 bridgehead atoms. The molecule has 1 heterocycles. The molecule has 0 radical (unpaired) electrons. The van der Waals surface area contributed by atoms with Gasteiger partial charge in [-0.2, -0.15) is 4.98 Å². The van der Waals surface area contributed by atoms with E-state index in [0.717, 1.165) is 18.7 Å². The van der Waals surface area contributed by atoms with Crippen LogP contribution in [-0.4, -0.2) is 23.6 Å². The summed E-state index contributed by atoms with van der Waals surface area (Å²) in [7, 11) is 1.68. The number of aromatic nitrogens is 2. The highest BCUT2D eigenvalue weighted by Gasteiger charge is 2.19. The van der Waals surface area contributed by atoms with Crippen molar-refractivity contribution in [3.8, 4) is 5.75 Å². The Morgan fingerprint density at radius 3 is 2.42 bits per heavy atom. The van der Waals surface area contributed by atoms with Crippen molar-refractivity contribution in [2.45, 2.75) is 19.4 Å². The predicted molar refractivity (Wildman–Crippen MR) is 105 cm³/mol. The Balaban J connectivity index is 1.82. The molecule has 1 unspecified atom stereocenters. The number of ether oxygens (including phenoxy) is 1. The van der Waals surface area contributed by atoms with E-state index >= 15 is 0 Å². The second kappa shape index (κ2) is 8.34. The second-order valence-corrected chi connectivity index (χ2v) is 6.16. The second-order valence-electron chi connectivity index (χ2n) is 6.16. The van der Waals surface area contributed by atoms with Crippen LogP contribution in [0, 0.1) is 0 Å². The van der Waals surface area contributed by atoms with Crippen LogP contribution in [0.5, 0.6) is 5.75 Å². The summed E-state index contributed by atoms with van der Waals surface area (Å²) in [5.41, 5.74) is 8.33. The zero-order valence-corrected chi connectivity index (χ0v) is 15.2. The van der Waals surface area contributed by atoms with Crippen molar-refractivity contribution in [3.63, 3.8) is 0 Å². The maximum Gasteiger partial charge on any atom is 0.227 e. The van der Waals surface area contributed by atoms with Gasteiger partial charge >= 0.3 is 0 Å². The Morgan fingerprint density at radius 1 is 1.04 bits per heavy atom. The molecule has 1 atom stereocenters. The first-order chi connectivity index (χ1) is 12.7. The normalized spacial score (nSPS) is 11.8. The van der Waals surface area contributed by atoms with Gasteiger partial charge < -0.3 is 15.4 Å². The van der Waals surface area contributed by atoms with Crippen LogP contribution in [0.3, 0.4) is 0 Å². The molecule has 26 heavy (non-hydrogen) atoms. The van der Waals surface area contributed by atoms with Gasteiger partial charge in [0.25, 0.3) is 0 Å². The van der Waals surface area contributed by atoms with E-state index in [-0.39, 0.29) is 6.04 Å². The van der Waals surface area contributed by atoms with Crippen molar-refractivity contribution in [2.24, 2.45) is 0 Å². The molecular weight excluding hydrogens is 324 g/mol. The first-order valence-corrected chi connectivity index (χ1v) is 8.70. The van der Waals surface area contributed by atoms with E-state index in [2.05, 4.69) is 46.1 Å². The molecular formula is C21H24N4O. The van der Waals surface area contributed by atoms with E-state index in [9.17, 15) is 0 Å². The van der Waals surface area contributed by atoms with Crippen molar-refractivity contribution in [3.05, 3.63) is 78.0 Å². The van der Waals surface area contributed by atoms with Gasteiger partial charge in [-0.25, -0.2) is 4.98 Å². The topological polar surface area (TPSA) is 64.3 Å². The van der Waals surface area contributed by atoms with E-state index in [1.54, 1.807) is 19.4 Å². The Labute approximate surface area is 154 Å². The van der Waals surface area contributed by atoms with Crippen molar-refractivity contribution in [2.75, 3.05) is 24.3 Å². The molecule has 5 nitrogen and oxygen atoms in total. The maximum atomic E-state index is 5.88. The molecule has 3 rings (SSSR count). The molecule has 1 aromatic heterocycles. The molecule has 0 spiro atoms. The fraction of sp³-hybridized carbons (Fsp3) is 0.238. The number of nitrogens with zero attached hydrogens (tertiary/aromatic N) is 3. The van der Waals surface area contributed by atoms with E-state index < -0.39 is 0 Å². The number of hydrogen-bond acceptors (Lipinski definition) is 5. The smallest absolute Gasteiger partial charge is 0.227 e. The Bertz CT molecular complexity index is 821. The average molecular weight is 348 g/mol. The Morgan fingerprint density at radius 2 is 1.77 bits per heavy atom. The lowest BCUT2D eigenvalue weighted by molar-refractivity contribution is 0.414. The molecule has 0 saturated carbocycles. The van der Waals surface area contributed by atoms with E-state index in [1.165, 1.54) is 11.1 Å². The lowest BCUT2D eigenvalue weighted by atomic mass is 10.1. The van der Waals surface area contributed by atoms with Gasteiger partial charge in [-0.15, -0.1) is 0 Å². The number of rotatable bonds is 7. The highest BCUT2D eigenvalue weighted by molar-refractivity contribution is 5.41. The molecule has 5 heteroatoms. The molecule has 2 N–H and O–H groups in total. The number of nitrogens with two attached hydrogens (primary N) is 1. The summed E-state index contributed by atoms with van der Waals surface area (Å²) < 4.78 is 5.23. The number of methoxy groups -OCH3 is 1. The maximum absolute atomic E-state index is 5.88. The summed E-state index contributed by atoms with van der Waals surface area (Å²) >= 11 is 0. The number of benzene rings is 2. The minimum Gasteiger partial charge on any atom is -0.497 e. The molecule has 3 aromatic rings. The third kappa shape index (κ3) is 4.30. The predicted octanol–water partition coefficient (Wildman–Crippen LogP) is 3.88. The molecule has 2 aromatic carbocycles. The van der Waals surface area contributed by atoms with Crippen LogP contribution in [0.15, 0.2) is 66.9 Å². The van der Waals surface area contributed by atoms with E-state index in [4.69, 9.17) is 10.5 Å². The van der Waals surface area contributed by atoms with Crippen LogP contribution in [0.4, 0.5) is 11.8 Å². The summed E-state index contributed by atoms with van der Waals surface area (Å²) in [6.45, 7) is 2.95. The quantitative estimate of drug-likeness (QED) is 0.702. The van der Waals surface area contributed by atoms with Gasteiger partial charge in [0.05, 0.1) is 13.2 Å². The minimum atomic E-state index is 0.135. The molecule has 0 fully saturated rings. The van der Waals surface area contributed by atoms with Gasteiger partial charge in [0.1, 0.15) is 11.6 Å². The average Bonchev–Trinajstić information content (AvgIpc) is 2.69. The summed E-state index contributed by atoms with van der Waals surface area (Å²) in [4.78, 5) is 11.1. The van der Waals surface area contributed by atoms with E-state index in [0.29, 0.717) is 11.8 Å². The molecule has 0 saturated heterocycles. The van der Waals surface area contributed by atoms with Gasteiger partial charge in [0.15, 0.2) is 0 Å². The van der Waals surface area contributed by atoms with Crippen LogP contribution < -0.4 is 15.4 Å². The van der Waals surface area contributed by atoms with Crippen LogP contribution in [0.2, 0.25) is 0 Å². The van der Waals surface area contributed by atoms with Crippen molar-refractivity contribution in [1.82, 2.24) is 9.97 Å². The van der Waals surface area contributed by atoms with Gasteiger partial charge in [0, 0.05) is 12.7 Å². The van der Waals surface area contributed by atoms with Crippen LogP contribution in [-0.2, 0) is 6.42 Å². The summed E-state index contributed by atoms with van der Waals surface area (Å²) in [6, 6.07) is 20.4. The third-order valence-corrected chi connectivity index (χ3v) is 4.47. The van der Waals surface area contributed by atoms with Crippen LogP contribution >= 0.6 is 0 Å². The minimum absolute atomic E-state index is 0.135. The Hall–Kier alpha value is -3.08. The van der Waals surface area contributed by atoms with Crippen molar-refractivity contribution >= 4 is 11.8 Å². The zero-order chi connectivity index (χ0) is 18.4. The number of anilines is 2. The largest absolute Gasteiger partial charge is 0.497 e. The van der Waals surface area contributed by atoms with Crippen LogP contribution in [0.25, 0.3) is 0 Å². The molecule has 0 aliphatic rings. The SMILES string of the molecule is COc1ccc(CCN(c2nccc(N)n2)C(C)c2ccccc2)cc1. The molecule has 134 valence electrons. The highest BCUT2D eigenvalue weighted by Crippen LogP contribution is 2.25. The first kappa shape index (κ1) is 17.7. The molecule has 0 aliphatic heterocycles.